The Hall–Kier alpha value is -0.670. The average molecular weight is 325 g/mol. The second-order valence-electron chi connectivity index (χ2n) is 5.59. The maximum absolute atomic E-state index is 12.3. The van der Waals surface area contributed by atoms with Crippen molar-refractivity contribution in [2.75, 3.05) is 11.5 Å². The molecule has 0 spiro atoms. The van der Waals surface area contributed by atoms with Gasteiger partial charge in [0.15, 0.2) is 0 Å². The van der Waals surface area contributed by atoms with E-state index in [4.69, 9.17) is 0 Å². The van der Waals surface area contributed by atoms with Crippen molar-refractivity contribution >= 4 is 25.8 Å². The van der Waals surface area contributed by atoms with Gasteiger partial charge in [0.1, 0.15) is 15.4 Å². The molecular weight excluding hydrogens is 306 g/mol. The normalized spacial score (nSPS) is 26.4. The SMILES string of the molecule is O=C(O)C1(NS(=O)(=O)C2CCS(=O)(=O)CC2)CCCC1. The van der Waals surface area contributed by atoms with Gasteiger partial charge in [-0.25, -0.2) is 16.8 Å². The summed E-state index contributed by atoms with van der Waals surface area (Å²) >= 11 is 0. The minimum atomic E-state index is -3.82. The number of carboxylic acids is 1. The molecule has 1 aliphatic carbocycles. The van der Waals surface area contributed by atoms with Crippen LogP contribution in [0.4, 0.5) is 0 Å². The third kappa shape index (κ3) is 3.15. The van der Waals surface area contributed by atoms with Crippen molar-refractivity contribution in [3.8, 4) is 0 Å². The first-order valence-electron chi connectivity index (χ1n) is 6.64. The van der Waals surface area contributed by atoms with E-state index >= 15 is 0 Å². The van der Waals surface area contributed by atoms with E-state index in [2.05, 4.69) is 4.72 Å². The van der Waals surface area contributed by atoms with Gasteiger partial charge < -0.3 is 5.11 Å². The summed E-state index contributed by atoms with van der Waals surface area (Å²) in [6.07, 6.45) is 1.99. The molecule has 0 bridgehead atoms. The topological polar surface area (TPSA) is 118 Å². The summed E-state index contributed by atoms with van der Waals surface area (Å²) in [6.45, 7) is 0. The second kappa shape index (κ2) is 5.27. The largest absolute Gasteiger partial charge is 0.480 e. The highest BCUT2D eigenvalue weighted by Gasteiger charge is 2.46. The van der Waals surface area contributed by atoms with Crippen LogP contribution in [0.5, 0.6) is 0 Å². The molecule has 1 saturated heterocycles. The van der Waals surface area contributed by atoms with Crippen LogP contribution in [0.15, 0.2) is 0 Å². The third-order valence-electron chi connectivity index (χ3n) is 4.14. The molecule has 0 aromatic rings. The lowest BCUT2D eigenvalue weighted by Gasteiger charge is -2.29. The van der Waals surface area contributed by atoms with Crippen molar-refractivity contribution in [2.45, 2.75) is 49.3 Å². The summed E-state index contributed by atoms with van der Waals surface area (Å²) in [5.41, 5.74) is -1.41. The number of rotatable bonds is 4. The number of carbonyl (C=O) groups is 1. The van der Waals surface area contributed by atoms with Crippen molar-refractivity contribution < 1.29 is 26.7 Å². The Balaban J connectivity index is 2.13. The molecule has 2 rings (SSSR count). The Bertz CT molecular complexity index is 574. The molecule has 116 valence electrons. The Morgan fingerprint density at radius 1 is 1.15 bits per heavy atom. The Labute approximate surface area is 118 Å². The highest BCUT2D eigenvalue weighted by molar-refractivity contribution is 7.92. The van der Waals surface area contributed by atoms with E-state index < -0.39 is 36.6 Å². The van der Waals surface area contributed by atoms with E-state index in [9.17, 15) is 26.7 Å². The first kappa shape index (κ1) is 15.7. The molecule has 1 heterocycles. The number of hydrogen-bond acceptors (Lipinski definition) is 5. The number of sulfonamides is 1. The van der Waals surface area contributed by atoms with Crippen molar-refractivity contribution in [3.63, 3.8) is 0 Å². The van der Waals surface area contributed by atoms with E-state index in [0.717, 1.165) is 0 Å². The number of aliphatic carboxylic acids is 1. The van der Waals surface area contributed by atoms with Crippen LogP contribution in [0.2, 0.25) is 0 Å². The van der Waals surface area contributed by atoms with E-state index in [0.29, 0.717) is 12.8 Å². The molecule has 20 heavy (non-hydrogen) atoms. The van der Waals surface area contributed by atoms with Crippen LogP contribution in [-0.4, -0.2) is 50.2 Å². The first-order chi connectivity index (χ1) is 9.17. The molecule has 0 unspecified atom stereocenters. The van der Waals surface area contributed by atoms with E-state index in [1.54, 1.807) is 0 Å². The van der Waals surface area contributed by atoms with Crippen molar-refractivity contribution in [3.05, 3.63) is 0 Å². The lowest BCUT2D eigenvalue weighted by Crippen LogP contribution is -2.55. The van der Waals surface area contributed by atoms with Crippen LogP contribution in [0.1, 0.15) is 38.5 Å². The first-order valence-corrected chi connectivity index (χ1v) is 10.0. The van der Waals surface area contributed by atoms with Gasteiger partial charge in [0.05, 0.1) is 16.8 Å². The van der Waals surface area contributed by atoms with Crippen molar-refractivity contribution in [2.24, 2.45) is 0 Å². The highest BCUT2D eigenvalue weighted by atomic mass is 32.2. The molecule has 0 amide bonds. The van der Waals surface area contributed by atoms with Gasteiger partial charge in [-0.15, -0.1) is 0 Å². The molecule has 0 radical (unpaired) electrons. The Morgan fingerprint density at radius 2 is 1.65 bits per heavy atom. The van der Waals surface area contributed by atoms with Gasteiger partial charge in [-0.3, -0.25) is 4.79 Å². The highest BCUT2D eigenvalue weighted by Crippen LogP contribution is 2.32. The average Bonchev–Trinajstić information content (AvgIpc) is 2.77. The minimum absolute atomic E-state index is 0.0351. The van der Waals surface area contributed by atoms with Gasteiger partial charge in [0.2, 0.25) is 10.0 Å². The van der Waals surface area contributed by atoms with Crippen LogP contribution < -0.4 is 4.72 Å². The van der Waals surface area contributed by atoms with E-state index in [1.165, 1.54) is 0 Å². The summed E-state index contributed by atoms with van der Waals surface area (Å²) in [5.74, 6) is -1.46. The van der Waals surface area contributed by atoms with E-state index in [1.807, 2.05) is 0 Å². The second-order valence-corrected chi connectivity index (χ2v) is 9.86. The Morgan fingerprint density at radius 3 is 2.10 bits per heavy atom. The predicted octanol–water partition coefficient (Wildman–Crippen LogP) is -0.120. The molecular formula is C11H19NO6S2. The number of carboxylic acid groups (broad SMARTS) is 1. The van der Waals surface area contributed by atoms with E-state index in [-0.39, 0.29) is 37.2 Å². The molecule has 2 fully saturated rings. The fourth-order valence-corrected chi connectivity index (χ4v) is 6.52. The zero-order valence-electron chi connectivity index (χ0n) is 11.0. The maximum atomic E-state index is 12.3. The smallest absolute Gasteiger partial charge is 0.324 e. The third-order valence-corrected chi connectivity index (χ3v) is 7.88. The van der Waals surface area contributed by atoms with Crippen LogP contribution in [-0.2, 0) is 24.7 Å². The predicted molar refractivity (Wildman–Crippen MR) is 72.6 cm³/mol. The molecule has 0 atom stereocenters. The van der Waals surface area contributed by atoms with Crippen LogP contribution in [0, 0.1) is 0 Å². The summed E-state index contributed by atoms with van der Waals surface area (Å²) in [4.78, 5) is 11.4. The van der Waals surface area contributed by atoms with Gasteiger partial charge in [0, 0.05) is 0 Å². The standard InChI is InChI=1S/C11H19NO6S2/c13-10(14)11(5-1-2-6-11)12-20(17,18)9-3-7-19(15,16)8-4-9/h9,12H,1-8H2,(H,13,14). The number of sulfone groups is 1. The van der Waals surface area contributed by atoms with Crippen LogP contribution in [0.3, 0.4) is 0 Å². The zero-order chi connectivity index (χ0) is 15.0. The number of hydrogen-bond donors (Lipinski definition) is 2. The van der Waals surface area contributed by atoms with Gasteiger partial charge >= 0.3 is 5.97 Å². The van der Waals surface area contributed by atoms with Crippen molar-refractivity contribution in [1.82, 2.24) is 4.72 Å². The fraction of sp³-hybridized carbons (Fsp3) is 0.909. The summed E-state index contributed by atoms with van der Waals surface area (Å²) in [5, 5.41) is 8.47. The molecule has 9 heteroatoms. The molecule has 2 N–H and O–H groups in total. The maximum Gasteiger partial charge on any atom is 0.324 e. The fourth-order valence-electron chi connectivity index (χ4n) is 2.87. The molecule has 0 aromatic heterocycles. The number of nitrogens with one attached hydrogen (secondary N) is 1. The molecule has 1 saturated carbocycles. The molecule has 7 nitrogen and oxygen atoms in total. The van der Waals surface area contributed by atoms with Crippen LogP contribution >= 0.6 is 0 Å². The van der Waals surface area contributed by atoms with Crippen molar-refractivity contribution in [1.29, 1.82) is 0 Å². The summed E-state index contributed by atoms with van der Waals surface area (Å²) < 4.78 is 49.6. The minimum Gasteiger partial charge on any atom is -0.480 e. The lowest BCUT2D eigenvalue weighted by atomic mass is 10.0. The van der Waals surface area contributed by atoms with Crippen LogP contribution in [0.25, 0.3) is 0 Å². The molecule has 2 aliphatic rings. The quantitative estimate of drug-likeness (QED) is 0.744. The molecule has 0 aromatic carbocycles. The van der Waals surface area contributed by atoms with Gasteiger partial charge in [-0.1, -0.05) is 12.8 Å². The molecule has 1 aliphatic heterocycles. The summed E-state index contributed by atoms with van der Waals surface area (Å²) in [7, 11) is -6.96. The van der Waals surface area contributed by atoms with Gasteiger partial charge in [-0.05, 0) is 25.7 Å². The van der Waals surface area contributed by atoms with Gasteiger partial charge in [-0.2, -0.15) is 4.72 Å². The monoisotopic (exact) mass is 325 g/mol. The van der Waals surface area contributed by atoms with Gasteiger partial charge in [0.25, 0.3) is 0 Å². The zero-order valence-corrected chi connectivity index (χ0v) is 12.7. The lowest BCUT2D eigenvalue weighted by molar-refractivity contribution is -0.143. The Kier molecular flexibility index (Phi) is 4.14. The summed E-state index contributed by atoms with van der Waals surface area (Å²) in [6, 6.07) is 0.